The second-order valence-corrected chi connectivity index (χ2v) is 6.95. The average molecular weight is 322 g/mol. The molecule has 1 rings (SSSR count). The molecule has 0 bridgehead atoms. The first-order chi connectivity index (χ1) is 9.25. The molecule has 1 aromatic rings. The van der Waals surface area contributed by atoms with Crippen molar-refractivity contribution in [2.45, 2.75) is 12.2 Å². The van der Waals surface area contributed by atoms with Gasteiger partial charge in [-0.05, 0) is 25.1 Å². The minimum absolute atomic E-state index is 0.0481. The summed E-state index contributed by atoms with van der Waals surface area (Å²) in [4.78, 5) is 10.7. The van der Waals surface area contributed by atoms with Gasteiger partial charge in [0, 0.05) is 18.6 Å². The SMILES string of the molecule is CC(C(=O)O)S(=O)(=O)N(C)CCOc1cccc(Cl)c1. The molecular weight excluding hydrogens is 306 g/mol. The molecule has 6 nitrogen and oxygen atoms in total. The molecule has 1 N–H and O–H groups in total. The summed E-state index contributed by atoms with van der Waals surface area (Å²) >= 11 is 5.78. The lowest BCUT2D eigenvalue weighted by atomic mass is 10.3. The van der Waals surface area contributed by atoms with E-state index >= 15 is 0 Å². The zero-order valence-corrected chi connectivity index (χ0v) is 12.7. The predicted octanol–water partition coefficient (Wildman–Crippen LogP) is 1.45. The highest BCUT2D eigenvalue weighted by Crippen LogP contribution is 2.17. The highest BCUT2D eigenvalue weighted by molar-refractivity contribution is 7.90. The van der Waals surface area contributed by atoms with Crippen molar-refractivity contribution in [3.05, 3.63) is 29.3 Å². The van der Waals surface area contributed by atoms with Gasteiger partial charge in [0.2, 0.25) is 10.0 Å². The number of rotatable bonds is 7. The molecule has 1 aromatic carbocycles. The monoisotopic (exact) mass is 321 g/mol. The smallest absolute Gasteiger partial charge is 0.323 e. The standard InChI is InChI=1S/C12H16ClNO5S/c1-9(12(15)16)20(17,18)14(2)6-7-19-11-5-3-4-10(13)8-11/h3-5,8-9H,6-7H2,1-2H3,(H,15,16). The largest absolute Gasteiger partial charge is 0.492 e. The molecule has 0 saturated heterocycles. The van der Waals surface area contributed by atoms with E-state index in [1.165, 1.54) is 7.05 Å². The number of nitrogens with zero attached hydrogens (tertiary/aromatic N) is 1. The molecule has 0 spiro atoms. The van der Waals surface area contributed by atoms with Crippen LogP contribution in [0.15, 0.2) is 24.3 Å². The van der Waals surface area contributed by atoms with Crippen LogP contribution in [0.25, 0.3) is 0 Å². The zero-order valence-electron chi connectivity index (χ0n) is 11.1. The molecule has 0 amide bonds. The van der Waals surface area contributed by atoms with Gasteiger partial charge < -0.3 is 9.84 Å². The highest BCUT2D eigenvalue weighted by atomic mass is 35.5. The predicted molar refractivity (Wildman–Crippen MR) is 75.6 cm³/mol. The third-order valence-electron chi connectivity index (χ3n) is 2.70. The van der Waals surface area contributed by atoms with Crippen LogP contribution < -0.4 is 4.74 Å². The first-order valence-corrected chi connectivity index (χ1v) is 7.69. The summed E-state index contributed by atoms with van der Waals surface area (Å²) in [5, 5.41) is 7.78. The van der Waals surface area contributed by atoms with Crippen LogP contribution >= 0.6 is 11.6 Å². The minimum atomic E-state index is -3.87. The molecule has 0 saturated carbocycles. The van der Waals surface area contributed by atoms with E-state index in [9.17, 15) is 13.2 Å². The van der Waals surface area contributed by atoms with Crippen LogP contribution in [0.4, 0.5) is 0 Å². The number of carboxylic acids is 1. The van der Waals surface area contributed by atoms with Gasteiger partial charge in [-0.3, -0.25) is 4.79 Å². The molecule has 0 aromatic heterocycles. The first-order valence-electron chi connectivity index (χ1n) is 5.81. The van der Waals surface area contributed by atoms with Crippen LogP contribution in [0.5, 0.6) is 5.75 Å². The van der Waals surface area contributed by atoms with Crippen molar-refractivity contribution in [1.29, 1.82) is 0 Å². The number of likely N-dealkylation sites (N-methyl/N-ethyl adjacent to an activating group) is 1. The number of benzene rings is 1. The molecule has 20 heavy (non-hydrogen) atoms. The van der Waals surface area contributed by atoms with E-state index in [0.717, 1.165) is 11.2 Å². The number of hydrogen-bond donors (Lipinski definition) is 1. The number of ether oxygens (including phenoxy) is 1. The molecule has 0 heterocycles. The Kier molecular flexibility index (Phi) is 5.79. The molecule has 8 heteroatoms. The van der Waals surface area contributed by atoms with Crippen molar-refractivity contribution in [1.82, 2.24) is 4.31 Å². The molecule has 0 aliphatic heterocycles. The molecule has 1 unspecified atom stereocenters. The normalized spacial score (nSPS) is 13.2. The third-order valence-corrected chi connectivity index (χ3v) is 5.08. The summed E-state index contributed by atoms with van der Waals surface area (Å²) in [6.45, 7) is 1.28. The van der Waals surface area contributed by atoms with E-state index in [0.29, 0.717) is 10.8 Å². The molecular formula is C12H16ClNO5S. The summed E-state index contributed by atoms with van der Waals surface area (Å²) in [6, 6.07) is 6.71. The number of sulfonamides is 1. The lowest BCUT2D eigenvalue weighted by molar-refractivity contribution is -0.136. The minimum Gasteiger partial charge on any atom is -0.492 e. The van der Waals surface area contributed by atoms with Gasteiger partial charge in [-0.1, -0.05) is 17.7 Å². The fourth-order valence-corrected chi connectivity index (χ4v) is 2.68. The topological polar surface area (TPSA) is 83.9 Å². The Hall–Kier alpha value is -1.31. The Labute approximate surface area is 123 Å². The van der Waals surface area contributed by atoms with E-state index < -0.39 is 21.2 Å². The Morgan fingerprint density at radius 1 is 1.50 bits per heavy atom. The van der Waals surface area contributed by atoms with Crippen molar-refractivity contribution >= 4 is 27.6 Å². The van der Waals surface area contributed by atoms with Gasteiger partial charge >= 0.3 is 5.97 Å². The number of carboxylic acid groups (broad SMARTS) is 1. The number of halogens is 1. The summed E-state index contributed by atoms with van der Waals surface area (Å²) in [7, 11) is -2.56. The molecule has 0 radical (unpaired) electrons. The summed E-state index contributed by atoms with van der Waals surface area (Å²) in [5.41, 5.74) is 0. The second-order valence-electron chi connectivity index (χ2n) is 4.15. The van der Waals surface area contributed by atoms with Gasteiger partial charge in [-0.2, -0.15) is 0 Å². The quantitative estimate of drug-likeness (QED) is 0.821. The van der Waals surface area contributed by atoms with E-state index in [4.69, 9.17) is 21.4 Å². The Morgan fingerprint density at radius 3 is 2.70 bits per heavy atom. The second kappa shape index (κ2) is 6.92. The van der Waals surface area contributed by atoms with Gasteiger partial charge in [0.15, 0.2) is 5.25 Å². The summed E-state index contributed by atoms with van der Waals surface area (Å²) in [6.07, 6.45) is 0. The van der Waals surface area contributed by atoms with Crippen molar-refractivity contribution in [2.24, 2.45) is 0 Å². The molecule has 0 fully saturated rings. The van der Waals surface area contributed by atoms with Gasteiger partial charge in [-0.15, -0.1) is 0 Å². The van der Waals surface area contributed by atoms with Gasteiger partial charge in [0.1, 0.15) is 12.4 Å². The third kappa shape index (κ3) is 4.36. The summed E-state index contributed by atoms with van der Waals surface area (Å²) in [5.74, 6) is -0.859. The van der Waals surface area contributed by atoms with Gasteiger partial charge in [0.25, 0.3) is 0 Å². The zero-order chi connectivity index (χ0) is 15.3. The lowest BCUT2D eigenvalue weighted by Gasteiger charge is -2.19. The van der Waals surface area contributed by atoms with Crippen LogP contribution in [-0.4, -0.2) is 49.2 Å². The fraction of sp³-hybridized carbons (Fsp3) is 0.417. The Bertz CT molecular complexity index is 575. The van der Waals surface area contributed by atoms with E-state index in [-0.39, 0.29) is 13.2 Å². The molecule has 112 valence electrons. The van der Waals surface area contributed by atoms with Crippen LogP contribution in [0.3, 0.4) is 0 Å². The van der Waals surface area contributed by atoms with Gasteiger partial charge in [-0.25, -0.2) is 12.7 Å². The van der Waals surface area contributed by atoms with Crippen LogP contribution in [0, 0.1) is 0 Å². The highest BCUT2D eigenvalue weighted by Gasteiger charge is 2.31. The molecule has 1 atom stereocenters. The number of hydrogen-bond acceptors (Lipinski definition) is 4. The molecule has 0 aliphatic carbocycles. The first kappa shape index (κ1) is 16.7. The van der Waals surface area contributed by atoms with Crippen molar-refractivity contribution in [2.75, 3.05) is 20.2 Å². The van der Waals surface area contributed by atoms with E-state index in [1.807, 2.05) is 0 Å². The molecule has 0 aliphatic rings. The van der Waals surface area contributed by atoms with Crippen molar-refractivity contribution in [3.8, 4) is 5.75 Å². The van der Waals surface area contributed by atoms with Crippen LogP contribution in [0.2, 0.25) is 5.02 Å². The van der Waals surface area contributed by atoms with Gasteiger partial charge in [0.05, 0.1) is 0 Å². The maximum Gasteiger partial charge on any atom is 0.323 e. The number of carbonyl (C=O) groups is 1. The average Bonchev–Trinajstić information content (AvgIpc) is 2.37. The number of aliphatic carboxylic acids is 1. The van der Waals surface area contributed by atoms with Crippen LogP contribution in [-0.2, 0) is 14.8 Å². The van der Waals surface area contributed by atoms with E-state index in [2.05, 4.69) is 0 Å². The lowest BCUT2D eigenvalue weighted by Crippen LogP contribution is -2.40. The van der Waals surface area contributed by atoms with Crippen LogP contribution in [0.1, 0.15) is 6.92 Å². The summed E-state index contributed by atoms with van der Waals surface area (Å²) < 4.78 is 30.0. The Balaban J connectivity index is 2.55. The van der Waals surface area contributed by atoms with Crippen molar-refractivity contribution < 1.29 is 23.1 Å². The maximum atomic E-state index is 11.8. The maximum absolute atomic E-state index is 11.8. The van der Waals surface area contributed by atoms with Crippen molar-refractivity contribution in [3.63, 3.8) is 0 Å². The fourth-order valence-electron chi connectivity index (χ4n) is 1.37. The van der Waals surface area contributed by atoms with E-state index in [1.54, 1.807) is 24.3 Å². The Morgan fingerprint density at radius 2 is 2.15 bits per heavy atom.